The summed E-state index contributed by atoms with van der Waals surface area (Å²) in [5.41, 5.74) is 2.83. The van der Waals surface area contributed by atoms with Gasteiger partial charge in [-0.05, 0) is 49.6 Å². The van der Waals surface area contributed by atoms with E-state index < -0.39 is 0 Å². The highest BCUT2D eigenvalue weighted by atomic mass is 32.2. The second-order valence-electron chi connectivity index (χ2n) is 5.31. The molecule has 106 valence electrons. The molecule has 2 aromatic carbocycles. The molecule has 0 unspecified atom stereocenters. The van der Waals surface area contributed by atoms with Crippen LogP contribution in [0.5, 0.6) is 0 Å². The van der Waals surface area contributed by atoms with Crippen LogP contribution in [0.2, 0.25) is 0 Å². The Bertz CT molecular complexity index is 473. The fourth-order valence-electron chi connectivity index (χ4n) is 2.25. The minimum atomic E-state index is 1.23. The van der Waals surface area contributed by atoms with Crippen molar-refractivity contribution in [2.75, 3.05) is 5.75 Å². The van der Waals surface area contributed by atoms with Gasteiger partial charge < -0.3 is 0 Å². The Morgan fingerprint density at radius 3 is 2.20 bits per heavy atom. The van der Waals surface area contributed by atoms with Crippen LogP contribution in [0.15, 0.2) is 59.5 Å². The highest BCUT2D eigenvalue weighted by Crippen LogP contribution is 2.19. The maximum Gasteiger partial charge on any atom is 0.00719 e. The SMILES string of the molecule is Cc1ccc(CCCCCCSc2ccccc2)cc1. The summed E-state index contributed by atoms with van der Waals surface area (Å²) < 4.78 is 0. The lowest BCUT2D eigenvalue weighted by molar-refractivity contribution is 0.670. The van der Waals surface area contributed by atoms with Crippen molar-refractivity contribution in [1.29, 1.82) is 0 Å². The molecule has 0 N–H and O–H groups in total. The van der Waals surface area contributed by atoms with E-state index in [0.29, 0.717) is 0 Å². The lowest BCUT2D eigenvalue weighted by Crippen LogP contribution is -1.87. The predicted molar refractivity (Wildman–Crippen MR) is 90.5 cm³/mol. The Morgan fingerprint density at radius 2 is 1.45 bits per heavy atom. The van der Waals surface area contributed by atoms with Crippen LogP contribution >= 0.6 is 11.8 Å². The Morgan fingerprint density at radius 1 is 0.750 bits per heavy atom. The Kier molecular flexibility index (Phi) is 6.73. The summed E-state index contributed by atoms with van der Waals surface area (Å²) in [6.45, 7) is 2.15. The van der Waals surface area contributed by atoms with Gasteiger partial charge in [-0.2, -0.15) is 0 Å². The van der Waals surface area contributed by atoms with E-state index in [-0.39, 0.29) is 0 Å². The predicted octanol–water partition coefficient (Wildman–Crippen LogP) is 5.89. The Hall–Kier alpha value is -1.21. The number of thioether (sulfide) groups is 1. The van der Waals surface area contributed by atoms with Crippen molar-refractivity contribution in [1.82, 2.24) is 0 Å². The monoisotopic (exact) mass is 284 g/mol. The first-order chi connectivity index (χ1) is 9.84. The smallest absolute Gasteiger partial charge is 0.00719 e. The first-order valence-electron chi connectivity index (χ1n) is 7.58. The van der Waals surface area contributed by atoms with E-state index in [9.17, 15) is 0 Å². The third-order valence-corrected chi connectivity index (χ3v) is 4.59. The van der Waals surface area contributed by atoms with Gasteiger partial charge in [-0.1, -0.05) is 60.9 Å². The summed E-state index contributed by atoms with van der Waals surface area (Å²) in [7, 11) is 0. The second-order valence-corrected chi connectivity index (χ2v) is 6.48. The Balaban J connectivity index is 1.51. The van der Waals surface area contributed by atoms with Crippen LogP contribution in [0.25, 0.3) is 0 Å². The van der Waals surface area contributed by atoms with Gasteiger partial charge in [0, 0.05) is 4.90 Å². The molecule has 2 rings (SSSR count). The molecule has 0 atom stereocenters. The van der Waals surface area contributed by atoms with Crippen molar-refractivity contribution in [3.05, 3.63) is 65.7 Å². The highest BCUT2D eigenvalue weighted by molar-refractivity contribution is 7.99. The molecule has 2 aromatic rings. The van der Waals surface area contributed by atoms with E-state index in [1.54, 1.807) is 0 Å². The maximum absolute atomic E-state index is 2.26. The Labute approximate surface area is 127 Å². The van der Waals surface area contributed by atoms with Gasteiger partial charge in [-0.15, -0.1) is 11.8 Å². The first-order valence-corrected chi connectivity index (χ1v) is 8.56. The number of hydrogen-bond acceptors (Lipinski definition) is 1. The molecule has 0 saturated heterocycles. The standard InChI is InChI=1S/C19H24S/c1-17-12-14-18(15-13-17)9-5-2-3-8-16-20-19-10-6-4-7-11-19/h4,6-7,10-15H,2-3,5,8-9,16H2,1H3. The van der Waals surface area contributed by atoms with Crippen LogP contribution in [-0.2, 0) is 6.42 Å². The van der Waals surface area contributed by atoms with E-state index in [2.05, 4.69) is 61.5 Å². The van der Waals surface area contributed by atoms with Gasteiger partial charge in [0.15, 0.2) is 0 Å². The van der Waals surface area contributed by atoms with Crippen LogP contribution in [-0.4, -0.2) is 5.75 Å². The molecule has 20 heavy (non-hydrogen) atoms. The molecular formula is C19H24S. The van der Waals surface area contributed by atoms with Crippen molar-refractivity contribution >= 4 is 11.8 Å². The topological polar surface area (TPSA) is 0 Å². The van der Waals surface area contributed by atoms with Gasteiger partial charge >= 0.3 is 0 Å². The molecule has 0 aliphatic heterocycles. The van der Waals surface area contributed by atoms with E-state index in [4.69, 9.17) is 0 Å². The van der Waals surface area contributed by atoms with Gasteiger partial charge in [0.1, 0.15) is 0 Å². The average molecular weight is 284 g/mol. The summed E-state index contributed by atoms with van der Waals surface area (Å²) in [4.78, 5) is 1.40. The number of aryl methyl sites for hydroxylation is 2. The zero-order chi connectivity index (χ0) is 14.0. The molecule has 1 heteroatoms. The van der Waals surface area contributed by atoms with Crippen LogP contribution < -0.4 is 0 Å². The fraction of sp³-hybridized carbons (Fsp3) is 0.368. The lowest BCUT2D eigenvalue weighted by Gasteiger charge is -2.03. The zero-order valence-corrected chi connectivity index (χ0v) is 13.2. The summed E-state index contributed by atoms with van der Waals surface area (Å²) in [5, 5.41) is 0. The summed E-state index contributed by atoms with van der Waals surface area (Å²) in [6, 6.07) is 19.7. The molecule has 0 bridgehead atoms. The summed E-state index contributed by atoms with van der Waals surface area (Å²) >= 11 is 1.98. The van der Waals surface area contributed by atoms with Crippen LogP contribution in [0.1, 0.15) is 36.8 Å². The first kappa shape index (κ1) is 15.2. The third-order valence-electron chi connectivity index (χ3n) is 3.49. The largest absolute Gasteiger partial charge is 0.126 e. The quantitative estimate of drug-likeness (QED) is 0.430. The van der Waals surface area contributed by atoms with Crippen LogP contribution in [0.4, 0.5) is 0 Å². The fourth-order valence-corrected chi connectivity index (χ4v) is 3.18. The highest BCUT2D eigenvalue weighted by Gasteiger charge is 1.95. The van der Waals surface area contributed by atoms with Crippen molar-refractivity contribution in [2.24, 2.45) is 0 Å². The maximum atomic E-state index is 2.26. The van der Waals surface area contributed by atoms with E-state index in [1.165, 1.54) is 53.9 Å². The van der Waals surface area contributed by atoms with Crippen molar-refractivity contribution in [2.45, 2.75) is 43.9 Å². The molecule has 0 nitrogen and oxygen atoms in total. The molecule has 0 aliphatic rings. The van der Waals surface area contributed by atoms with Gasteiger partial charge in [0.25, 0.3) is 0 Å². The number of rotatable bonds is 8. The molecule has 0 aliphatic carbocycles. The van der Waals surface area contributed by atoms with Crippen LogP contribution in [0, 0.1) is 6.92 Å². The van der Waals surface area contributed by atoms with Crippen molar-refractivity contribution < 1.29 is 0 Å². The van der Waals surface area contributed by atoms with Crippen molar-refractivity contribution in [3.8, 4) is 0 Å². The number of hydrogen-bond donors (Lipinski definition) is 0. The summed E-state index contributed by atoms with van der Waals surface area (Å²) in [5.74, 6) is 1.24. The second kappa shape index (κ2) is 8.86. The van der Waals surface area contributed by atoms with E-state index in [0.717, 1.165) is 0 Å². The molecular weight excluding hydrogens is 260 g/mol. The summed E-state index contributed by atoms with van der Waals surface area (Å²) in [6.07, 6.45) is 6.58. The van der Waals surface area contributed by atoms with Gasteiger partial charge in [-0.3, -0.25) is 0 Å². The van der Waals surface area contributed by atoms with Crippen molar-refractivity contribution in [3.63, 3.8) is 0 Å². The lowest BCUT2D eigenvalue weighted by atomic mass is 10.1. The number of unbranched alkanes of at least 4 members (excludes halogenated alkanes) is 3. The normalized spacial score (nSPS) is 10.7. The molecule has 0 spiro atoms. The van der Waals surface area contributed by atoms with Crippen LogP contribution in [0.3, 0.4) is 0 Å². The van der Waals surface area contributed by atoms with E-state index >= 15 is 0 Å². The van der Waals surface area contributed by atoms with Gasteiger partial charge in [0.05, 0.1) is 0 Å². The molecule has 0 heterocycles. The average Bonchev–Trinajstić information content (AvgIpc) is 2.49. The van der Waals surface area contributed by atoms with E-state index in [1.807, 2.05) is 11.8 Å². The third kappa shape index (κ3) is 5.83. The molecule has 0 fully saturated rings. The van der Waals surface area contributed by atoms with Gasteiger partial charge in [0.2, 0.25) is 0 Å². The zero-order valence-electron chi connectivity index (χ0n) is 12.3. The molecule has 0 amide bonds. The minimum Gasteiger partial charge on any atom is -0.126 e. The molecule has 0 aromatic heterocycles. The minimum absolute atomic E-state index is 1.23. The molecule has 0 radical (unpaired) electrons. The van der Waals surface area contributed by atoms with Gasteiger partial charge in [-0.25, -0.2) is 0 Å². The number of benzene rings is 2. The molecule has 0 saturated carbocycles.